The van der Waals surface area contributed by atoms with E-state index in [1.165, 1.54) is 12.1 Å². The molecule has 25 heavy (non-hydrogen) atoms. The third kappa shape index (κ3) is 2.51. The van der Waals surface area contributed by atoms with Gasteiger partial charge in [-0.15, -0.1) is 0 Å². The van der Waals surface area contributed by atoms with Gasteiger partial charge in [-0.25, -0.2) is 0 Å². The first-order chi connectivity index (χ1) is 12.0. The summed E-state index contributed by atoms with van der Waals surface area (Å²) in [5.74, 6) is -2.09. The number of rotatable bonds is 1. The van der Waals surface area contributed by atoms with Crippen molar-refractivity contribution in [1.29, 1.82) is 0 Å². The molecule has 0 radical (unpaired) electrons. The molecule has 6 heteroatoms. The number of carbonyl (C=O) groups is 2. The maximum Gasteiger partial charge on any atom is 0.339 e. The molecule has 1 aliphatic heterocycles. The summed E-state index contributed by atoms with van der Waals surface area (Å²) in [7, 11) is -4.18. The maximum absolute atomic E-state index is 12.6. The van der Waals surface area contributed by atoms with Gasteiger partial charge in [0.25, 0.3) is 0 Å². The van der Waals surface area contributed by atoms with Crippen LogP contribution in [0.5, 0.6) is 0 Å². The molecule has 1 atom stereocenters. The number of ketones is 2. The van der Waals surface area contributed by atoms with Gasteiger partial charge in [-0.2, -0.15) is 8.42 Å². The second kappa shape index (κ2) is 5.53. The van der Waals surface area contributed by atoms with Gasteiger partial charge in [0.05, 0.1) is 5.57 Å². The van der Waals surface area contributed by atoms with E-state index in [1.54, 1.807) is 12.1 Å². The molecule has 0 saturated heterocycles. The van der Waals surface area contributed by atoms with Gasteiger partial charge in [0, 0.05) is 5.92 Å². The lowest BCUT2D eigenvalue weighted by Gasteiger charge is -2.26. The van der Waals surface area contributed by atoms with Crippen LogP contribution in [0.15, 0.2) is 83.0 Å². The highest BCUT2D eigenvalue weighted by Gasteiger charge is 2.37. The standard InChI is InChI=1S/C19H12O5S/c20-15-9-10-16(21)19-18(15)17(12-5-2-1-3-6-12)13-7-4-8-14(11-13)25(22,23)24-19/h1-11,17H. The van der Waals surface area contributed by atoms with Gasteiger partial charge in [-0.05, 0) is 35.4 Å². The van der Waals surface area contributed by atoms with Crippen LogP contribution in [0.25, 0.3) is 0 Å². The van der Waals surface area contributed by atoms with Crippen molar-refractivity contribution in [3.8, 4) is 0 Å². The molecule has 1 unspecified atom stereocenters. The van der Waals surface area contributed by atoms with Crippen LogP contribution in [-0.2, 0) is 23.9 Å². The van der Waals surface area contributed by atoms with Crippen molar-refractivity contribution < 1.29 is 22.2 Å². The van der Waals surface area contributed by atoms with E-state index in [9.17, 15) is 18.0 Å². The first-order valence-electron chi connectivity index (χ1n) is 7.58. The highest BCUT2D eigenvalue weighted by Crippen LogP contribution is 2.39. The number of fused-ring (bicyclic) bond motifs is 2. The summed E-state index contributed by atoms with van der Waals surface area (Å²) < 4.78 is 29.9. The third-order valence-electron chi connectivity index (χ3n) is 4.21. The molecule has 2 aromatic rings. The number of benzene rings is 2. The van der Waals surface area contributed by atoms with Crippen LogP contribution in [0.1, 0.15) is 17.0 Å². The van der Waals surface area contributed by atoms with Gasteiger partial charge < -0.3 is 4.18 Å². The van der Waals surface area contributed by atoms with E-state index in [0.717, 1.165) is 17.7 Å². The lowest BCUT2D eigenvalue weighted by Crippen LogP contribution is -2.26. The largest absolute Gasteiger partial charge is 0.374 e. The Kier molecular flexibility index (Phi) is 3.43. The van der Waals surface area contributed by atoms with Crippen molar-refractivity contribution >= 4 is 21.7 Å². The molecule has 0 saturated carbocycles. The molecule has 0 N–H and O–H groups in total. The van der Waals surface area contributed by atoms with Crippen molar-refractivity contribution in [3.05, 3.63) is 89.2 Å². The number of hydrogen-bond donors (Lipinski definition) is 0. The highest BCUT2D eigenvalue weighted by molar-refractivity contribution is 7.86. The fourth-order valence-corrected chi connectivity index (χ4v) is 4.11. The monoisotopic (exact) mass is 352 g/mol. The predicted molar refractivity (Wildman–Crippen MR) is 89.2 cm³/mol. The summed E-state index contributed by atoms with van der Waals surface area (Å²) in [5.41, 5.74) is 1.42. The van der Waals surface area contributed by atoms with Crippen LogP contribution in [-0.4, -0.2) is 20.0 Å². The van der Waals surface area contributed by atoms with E-state index in [2.05, 4.69) is 0 Å². The average molecular weight is 352 g/mol. The molecule has 1 heterocycles. The minimum Gasteiger partial charge on any atom is -0.374 e. The van der Waals surface area contributed by atoms with Crippen LogP contribution in [0.4, 0.5) is 0 Å². The quantitative estimate of drug-likeness (QED) is 0.582. The number of carbonyl (C=O) groups excluding carboxylic acids is 2. The van der Waals surface area contributed by atoms with Gasteiger partial charge in [0.1, 0.15) is 4.90 Å². The van der Waals surface area contributed by atoms with Gasteiger partial charge in [0.2, 0.25) is 5.78 Å². The molecule has 1 aliphatic carbocycles. The van der Waals surface area contributed by atoms with Crippen molar-refractivity contribution in [2.45, 2.75) is 10.8 Å². The molecule has 2 aromatic carbocycles. The van der Waals surface area contributed by atoms with Crippen LogP contribution in [0.2, 0.25) is 0 Å². The summed E-state index contributed by atoms with van der Waals surface area (Å²) in [4.78, 5) is 24.8. The zero-order valence-corrected chi connectivity index (χ0v) is 13.7. The Morgan fingerprint density at radius 1 is 0.800 bits per heavy atom. The summed E-state index contributed by atoms with van der Waals surface area (Å²) in [6.07, 6.45) is 2.19. The SMILES string of the molecule is O=C1C=CC(=O)C2=C1OS(=O)(=O)c1cccc(c1)C2c1ccccc1. The Morgan fingerprint density at radius 3 is 2.24 bits per heavy atom. The smallest absolute Gasteiger partial charge is 0.339 e. The molecule has 0 aromatic heterocycles. The Bertz CT molecular complexity index is 1060. The predicted octanol–water partition coefficient (Wildman–Crippen LogP) is 2.50. The molecule has 0 spiro atoms. The molecule has 0 fully saturated rings. The number of allylic oxidation sites excluding steroid dienone is 3. The van der Waals surface area contributed by atoms with Gasteiger partial charge in [-0.3, -0.25) is 9.59 Å². The van der Waals surface area contributed by atoms with Crippen molar-refractivity contribution in [3.63, 3.8) is 0 Å². The van der Waals surface area contributed by atoms with E-state index in [-0.39, 0.29) is 10.5 Å². The fourth-order valence-electron chi connectivity index (χ4n) is 3.10. The lowest BCUT2D eigenvalue weighted by molar-refractivity contribution is -0.116. The first-order valence-corrected chi connectivity index (χ1v) is 8.98. The van der Waals surface area contributed by atoms with Crippen molar-refractivity contribution in [2.24, 2.45) is 0 Å². The molecule has 0 amide bonds. The van der Waals surface area contributed by atoms with E-state index in [4.69, 9.17) is 4.18 Å². The highest BCUT2D eigenvalue weighted by atomic mass is 32.2. The molecular weight excluding hydrogens is 340 g/mol. The Morgan fingerprint density at radius 2 is 1.48 bits per heavy atom. The van der Waals surface area contributed by atoms with E-state index in [1.807, 2.05) is 30.3 Å². The second-order valence-corrected chi connectivity index (χ2v) is 7.30. The normalized spacial score (nSPS) is 21.2. The third-order valence-corrected chi connectivity index (χ3v) is 5.43. The van der Waals surface area contributed by atoms with Crippen molar-refractivity contribution in [2.75, 3.05) is 0 Å². The summed E-state index contributed by atoms with van der Waals surface area (Å²) in [6, 6.07) is 15.3. The van der Waals surface area contributed by atoms with Gasteiger partial charge >= 0.3 is 10.1 Å². The van der Waals surface area contributed by atoms with Crippen LogP contribution >= 0.6 is 0 Å². The van der Waals surface area contributed by atoms with Crippen LogP contribution in [0.3, 0.4) is 0 Å². The fraction of sp³-hybridized carbons (Fsp3) is 0.0526. The minimum absolute atomic E-state index is 0.0409. The summed E-state index contributed by atoms with van der Waals surface area (Å²) in [5, 5.41) is 0. The van der Waals surface area contributed by atoms with E-state index in [0.29, 0.717) is 5.56 Å². The molecular formula is C19H12O5S. The summed E-state index contributed by atoms with van der Waals surface area (Å²) in [6.45, 7) is 0. The molecule has 124 valence electrons. The Balaban J connectivity index is 2.08. The lowest BCUT2D eigenvalue weighted by atomic mass is 9.80. The summed E-state index contributed by atoms with van der Waals surface area (Å²) >= 11 is 0. The number of hydrogen-bond acceptors (Lipinski definition) is 5. The van der Waals surface area contributed by atoms with E-state index >= 15 is 0 Å². The van der Waals surface area contributed by atoms with Crippen molar-refractivity contribution in [1.82, 2.24) is 0 Å². The van der Waals surface area contributed by atoms with Gasteiger partial charge in [0.15, 0.2) is 11.5 Å². The van der Waals surface area contributed by atoms with Crippen LogP contribution in [0, 0.1) is 0 Å². The van der Waals surface area contributed by atoms with E-state index < -0.39 is 33.4 Å². The molecule has 5 nitrogen and oxygen atoms in total. The Hall–Kier alpha value is -2.99. The zero-order chi connectivity index (χ0) is 17.6. The maximum atomic E-state index is 12.6. The minimum atomic E-state index is -4.18. The second-order valence-electron chi connectivity index (χ2n) is 5.76. The van der Waals surface area contributed by atoms with Gasteiger partial charge in [-0.1, -0.05) is 42.5 Å². The molecule has 2 bridgehead atoms. The first kappa shape index (κ1) is 15.5. The molecule has 4 rings (SSSR count). The van der Waals surface area contributed by atoms with Crippen LogP contribution < -0.4 is 0 Å². The molecule has 2 aliphatic rings. The topological polar surface area (TPSA) is 77.5 Å². The zero-order valence-electron chi connectivity index (χ0n) is 12.9. The Labute approximate surface area is 144 Å². The average Bonchev–Trinajstić information content (AvgIpc) is 2.61.